The maximum Gasteiger partial charge on any atom is 0.326 e. The van der Waals surface area contributed by atoms with Crippen molar-refractivity contribution in [1.29, 1.82) is 0 Å². The summed E-state index contributed by atoms with van der Waals surface area (Å²) in [5, 5.41) is 121. The molecule has 0 unspecified atom stereocenters. The topological polar surface area (TPSA) is 508 Å². The van der Waals surface area contributed by atoms with Crippen LogP contribution in [-0.2, 0) is 71.6 Å². The predicted octanol–water partition coefficient (Wildman–Crippen LogP) is -6.49. The van der Waals surface area contributed by atoms with Crippen LogP contribution in [0.25, 0.3) is 0 Å². The molecule has 0 aromatic rings. The molecule has 0 aromatic carbocycles. The second-order valence-corrected chi connectivity index (χ2v) is 21.6. The summed E-state index contributed by atoms with van der Waals surface area (Å²) in [4.78, 5) is 112. The highest BCUT2D eigenvalue weighted by Gasteiger charge is 2.48. The maximum atomic E-state index is 13.7. The average Bonchev–Trinajstić information content (AvgIpc) is 3.11. The summed E-state index contributed by atoms with van der Waals surface area (Å²) < 4.78 is 33.6. The first-order chi connectivity index (χ1) is 41.4. The quantitative estimate of drug-likeness (QED) is 0.0253. The molecule has 3 aliphatic heterocycles. The van der Waals surface area contributed by atoms with Gasteiger partial charge in [0.15, 0.2) is 18.9 Å². The molecule has 0 radical (unpaired) electrons. The number of carboxylic acids is 1. The Balaban J connectivity index is 1.46. The van der Waals surface area contributed by atoms with Gasteiger partial charge in [-0.1, -0.05) is 0 Å². The molecule has 0 aliphatic carbocycles. The zero-order chi connectivity index (χ0) is 64.6. The molecule has 87 heavy (non-hydrogen) atoms. The Morgan fingerprint density at radius 1 is 0.402 bits per heavy atom. The van der Waals surface area contributed by atoms with Gasteiger partial charge in [-0.3, -0.25) is 38.4 Å². The van der Waals surface area contributed by atoms with Crippen LogP contribution in [0, 0.1) is 0 Å². The first-order valence-electron chi connectivity index (χ1n) is 29.6. The van der Waals surface area contributed by atoms with Crippen molar-refractivity contribution in [3.05, 3.63) is 0 Å². The Bertz CT molecular complexity index is 2140. The number of hydrogen-bond acceptors (Lipinski definition) is 24. The second kappa shape index (κ2) is 41.0. The zero-order valence-electron chi connectivity index (χ0n) is 49.6. The molecule has 0 aromatic heterocycles. The van der Waals surface area contributed by atoms with Crippen LogP contribution >= 0.6 is 0 Å². The zero-order valence-corrected chi connectivity index (χ0v) is 49.6. The summed E-state index contributed by atoms with van der Waals surface area (Å²) in [6.07, 6.45) is -12.9. The minimum Gasteiger partial charge on any atom is -0.480 e. The van der Waals surface area contributed by atoms with Gasteiger partial charge < -0.3 is 122 Å². The van der Waals surface area contributed by atoms with Crippen molar-refractivity contribution in [1.82, 2.24) is 42.5 Å². The lowest BCUT2D eigenvalue weighted by atomic mass is 9.97. The lowest BCUT2D eigenvalue weighted by molar-refractivity contribution is -0.270. The van der Waals surface area contributed by atoms with E-state index in [1.54, 1.807) is 0 Å². The van der Waals surface area contributed by atoms with Crippen molar-refractivity contribution in [2.45, 2.75) is 228 Å². The molecule has 0 bridgehead atoms. The molecule has 3 aliphatic rings. The highest BCUT2D eigenvalue weighted by Crippen LogP contribution is 2.25. The molecule has 3 fully saturated rings. The predicted molar refractivity (Wildman–Crippen MR) is 298 cm³/mol. The molecular formula is C54H94N8O25. The first-order valence-corrected chi connectivity index (χ1v) is 29.6. The number of rotatable bonds is 41. The lowest BCUT2D eigenvalue weighted by Crippen LogP contribution is -2.64. The summed E-state index contributed by atoms with van der Waals surface area (Å²) in [6.45, 7) is 2.24. The SMILES string of the molecule is CC(=O)N[C@H]1[C@H](OCCCCC(=O)NCCCC[C@H](NC(=O)[C@H](CCCCNC(=O)CCCCO[C@@H]2O[C@H](CO)[C@H](O)[C@H](O)[C@H]2NC(C)=O)NC(=O)CCCNC(=O)CCCO[C@@H]2O[C@H](CO)[C@H](O)[C@H](O)[C@H]2NC(C)=O)C(=O)O)O[C@H](CO)[C@H](O)[C@@H]1O. The van der Waals surface area contributed by atoms with Crippen molar-refractivity contribution in [2.24, 2.45) is 0 Å². The lowest BCUT2D eigenvalue weighted by Gasteiger charge is -2.42. The van der Waals surface area contributed by atoms with Crippen LogP contribution in [0.2, 0.25) is 0 Å². The number of carboxylic acid groups (broad SMARTS) is 1. The molecule has 8 amide bonds. The van der Waals surface area contributed by atoms with Gasteiger partial charge in [0, 0.05) is 79.3 Å². The van der Waals surface area contributed by atoms with Gasteiger partial charge in [0.2, 0.25) is 47.3 Å². The number of aliphatic hydroxyl groups is 9. The average molecular weight is 1260 g/mol. The van der Waals surface area contributed by atoms with Crippen LogP contribution in [0.3, 0.4) is 0 Å². The van der Waals surface area contributed by atoms with E-state index in [2.05, 4.69) is 42.5 Å². The van der Waals surface area contributed by atoms with Crippen molar-refractivity contribution in [3.8, 4) is 0 Å². The van der Waals surface area contributed by atoms with Gasteiger partial charge >= 0.3 is 5.97 Å². The summed E-state index contributed by atoms with van der Waals surface area (Å²) >= 11 is 0. The van der Waals surface area contributed by atoms with E-state index in [4.69, 9.17) is 28.4 Å². The molecule has 0 saturated carbocycles. The van der Waals surface area contributed by atoms with E-state index in [9.17, 15) is 94.2 Å². The number of unbranched alkanes of at least 4 members (excludes halogenated alkanes) is 4. The Labute approximate surface area is 504 Å². The number of ether oxygens (including phenoxy) is 6. The third-order valence-corrected chi connectivity index (χ3v) is 14.4. The normalized spacial score (nSPS) is 27.8. The fourth-order valence-corrected chi connectivity index (χ4v) is 9.65. The Morgan fingerprint density at radius 3 is 1.09 bits per heavy atom. The summed E-state index contributed by atoms with van der Waals surface area (Å²) in [5.74, 6) is -5.24. The number of hydrogen-bond donors (Lipinski definition) is 18. The Kier molecular flexibility index (Phi) is 35.8. The molecule has 0 spiro atoms. The van der Waals surface area contributed by atoms with E-state index in [0.717, 1.165) is 0 Å². The molecule has 33 heteroatoms. The molecule has 33 nitrogen and oxygen atoms in total. The van der Waals surface area contributed by atoms with Crippen LogP contribution in [0.15, 0.2) is 0 Å². The van der Waals surface area contributed by atoms with Crippen LogP contribution in [0.5, 0.6) is 0 Å². The fraction of sp³-hybridized carbons (Fsp3) is 0.833. The number of carbonyl (C=O) groups is 9. The number of carbonyl (C=O) groups excluding carboxylic acids is 8. The molecule has 3 heterocycles. The van der Waals surface area contributed by atoms with Crippen LogP contribution in [-0.4, -0.2) is 268 Å². The van der Waals surface area contributed by atoms with E-state index in [1.807, 2.05) is 0 Å². The van der Waals surface area contributed by atoms with Crippen LogP contribution < -0.4 is 42.5 Å². The van der Waals surface area contributed by atoms with Gasteiger partial charge in [-0.05, 0) is 77.0 Å². The molecule has 18 N–H and O–H groups in total. The summed E-state index contributed by atoms with van der Waals surface area (Å²) in [6, 6.07) is -5.95. The fourth-order valence-electron chi connectivity index (χ4n) is 9.65. The van der Waals surface area contributed by atoms with Crippen molar-refractivity contribution >= 4 is 53.2 Å². The van der Waals surface area contributed by atoms with Gasteiger partial charge in [-0.2, -0.15) is 0 Å². The number of amides is 8. The Morgan fingerprint density at radius 2 is 0.736 bits per heavy atom. The van der Waals surface area contributed by atoms with E-state index in [-0.39, 0.29) is 109 Å². The van der Waals surface area contributed by atoms with Crippen molar-refractivity contribution in [2.75, 3.05) is 59.3 Å². The van der Waals surface area contributed by atoms with E-state index < -0.39 is 165 Å². The van der Waals surface area contributed by atoms with E-state index in [1.165, 1.54) is 20.8 Å². The van der Waals surface area contributed by atoms with Gasteiger partial charge in [-0.15, -0.1) is 0 Å². The standard InChI is InChI=1S/C54H94N8O25/c1-29(66)58-41-47(76)44(73)34(26-63)85-52(41)82-23-10-6-16-37(69)55-20-8-4-14-32(61-40(72)18-12-22-57-39(71)19-13-25-84-54-43(60-31(3)68)49(78)46(75)36(28-65)87-54)50(79)62-33(51(80)81)15-5-9-21-56-38(70)17-7-11-24-83-53-42(59-30(2)67)48(77)45(74)35(27-64)86-53/h32-36,41-49,52-54,63-65,73-78H,4-28H2,1-3H3,(H,55,69)(H,56,70)(H,57,71)(H,58,66)(H,59,67)(H,60,68)(H,61,72)(H,62,79)(H,80,81)/t32-,33-,34+,35+,36+,41+,42+,43+,44-,45-,46-,47+,48+,49+,52+,53+,54+/m0/s1. The van der Waals surface area contributed by atoms with Gasteiger partial charge in [0.05, 0.1) is 26.4 Å². The molecule has 3 saturated heterocycles. The molecule has 3 rings (SSSR count). The smallest absolute Gasteiger partial charge is 0.326 e. The molecule has 17 atom stereocenters. The maximum absolute atomic E-state index is 13.7. The van der Waals surface area contributed by atoms with Crippen molar-refractivity contribution in [3.63, 3.8) is 0 Å². The number of nitrogens with one attached hydrogen (secondary N) is 8. The van der Waals surface area contributed by atoms with E-state index in [0.29, 0.717) is 44.9 Å². The summed E-state index contributed by atoms with van der Waals surface area (Å²) in [5.41, 5.74) is 0. The monoisotopic (exact) mass is 1250 g/mol. The highest BCUT2D eigenvalue weighted by atomic mass is 16.7. The van der Waals surface area contributed by atoms with Crippen LogP contribution in [0.1, 0.15) is 124 Å². The minimum absolute atomic E-state index is 0.0305. The van der Waals surface area contributed by atoms with Gasteiger partial charge in [-0.25, -0.2) is 4.79 Å². The number of aliphatic hydroxyl groups excluding tert-OH is 9. The third kappa shape index (κ3) is 27.5. The molecular weight excluding hydrogens is 1160 g/mol. The van der Waals surface area contributed by atoms with Gasteiger partial charge in [0.25, 0.3) is 0 Å². The van der Waals surface area contributed by atoms with Gasteiger partial charge in [0.1, 0.15) is 85.1 Å². The molecule has 500 valence electrons. The largest absolute Gasteiger partial charge is 0.480 e. The number of aliphatic carboxylic acids is 1. The third-order valence-electron chi connectivity index (χ3n) is 14.4. The van der Waals surface area contributed by atoms with E-state index >= 15 is 0 Å². The summed E-state index contributed by atoms with van der Waals surface area (Å²) in [7, 11) is 0. The second-order valence-electron chi connectivity index (χ2n) is 21.6. The Hall–Kier alpha value is -5.37. The minimum atomic E-state index is -1.51. The van der Waals surface area contributed by atoms with Crippen molar-refractivity contribution < 1.29 is 123 Å². The highest BCUT2D eigenvalue weighted by molar-refractivity contribution is 5.90. The van der Waals surface area contributed by atoms with Crippen LogP contribution in [0.4, 0.5) is 0 Å². The first kappa shape index (κ1) is 75.9.